The van der Waals surface area contributed by atoms with Crippen LogP contribution in [0, 0.1) is 5.92 Å². The van der Waals surface area contributed by atoms with Crippen LogP contribution in [0.3, 0.4) is 0 Å². The van der Waals surface area contributed by atoms with E-state index in [1.165, 1.54) is 0 Å². The molecule has 5 rings (SSSR count). The molecule has 190 valence electrons. The summed E-state index contributed by atoms with van der Waals surface area (Å²) in [4.78, 5) is 38.3. The molecule has 0 radical (unpaired) electrons. The van der Waals surface area contributed by atoms with Crippen LogP contribution >= 0.6 is 0 Å². The van der Waals surface area contributed by atoms with Gasteiger partial charge in [0.15, 0.2) is 0 Å². The summed E-state index contributed by atoms with van der Waals surface area (Å²) in [5.41, 5.74) is 2.51. The Kier molecular flexibility index (Phi) is 6.65. The van der Waals surface area contributed by atoms with Gasteiger partial charge >= 0.3 is 0 Å². The normalized spacial score (nSPS) is 31.4. The van der Waals surface area contributed by atoms with Crippen LogP contribution in [0.25, 0.3) is 0 Å². The minimum Gasteiger partial charge on any atom is -0.391 e. The van der Waals surface area contributed by atoms with Gasteiger partial charge in [-0.1, -0.05) is 18.6 Å². The molecule has 4 atom stereocenters. The van der Waals surface area contributed by atoms with Gasteiger partial charge in [0.05, 0.1) is 6.10 Å². The second-order valence-corrected chi connectivity index (χ2v) is 10.7. The van der Waals surface area contributed by atoms with Gasteiger partial charge in [0.25, 0.3) is 5.91 Å². The van der Waals surface area contributed by atoms with Crippen molar-refractivity contribution in [2.24, 2.45) is 5.92 Å². The molecule has 1 saturated heterocycles. The van der Waals surface area contributed by atoms with E-state index in [0.717, 1.165) is 30.4 Å². The lowest BCUT2D eigenvalue weighted by Crippen LogP contribution is -2.53. The maximum Gasteiger partial charge on any atom is 0.255 e. The number of hydrogen-bond donors (Lipinski definition) is 3. The van der Waals surface area contributed by atoms with E-state index in [1.54, 1.807) is 4.90 Å². The molecule has 2 aliphatic carbocycles. The number of halogens is 2. The van der Waals surface area contributed by atoms with Gasteiger partial charge < -0.3 is 15.3 Å². The first kappa shape index (κ1) is 24.3. The zero-order valence-corrected chi connectivity index (χ0v) is 19.8. The summed E-state index contributed by atoms with van der Waals surface area (Å²) in [6.45, 7) is 0.333. The van der Waals surface area contributed by atoms with E-state index in [0.29, 0.717) is 37.8 Å². The van der Waals surface area contributed by atoms with E-state index in [4.69, 9.17) is 0 Å². The number of imide groups is 1. The van der Waals surface area contributed by atoms with E-state index >= 15 is 0 Å². The van der Waals surface area contributed by atoms with Crippen molar-refractivity contribution in [1.82, 2.24) is 15.5 Å². The van der Waals surface area contributed by atoms with Crippen molar-refractivity contribution in [3.05, 3.63) is 34.9 Å². The number of hydrogen-bond acceptors (Lipinski definition) is 5. The van der Waals surface area contributed by atoms with E-state index in [2.05, 4.69) is 10.6 Å². The molecule has 2 aliphatic heterocycles. The molecule has 1 unspecified atom stereocenters. The van der Waals surface area contributed by atoms with Crippen molar-refractivity contribution >= 4 is 17.7 Å². The summed E-state index contributed by atoms with van der Waals surface area (Å²) in [6.07, 6.45) is 3.94. The molecule has 4 aliphatic rings. The molecule has 3 amide bonds. The highest BCUT2D eigenvalue weighted by molar-refractivity contribution is 6.05. The average Bonchev–Trinajstić information content (AvgIpc) is 3.13. The lowest BCUT2D eigenvalue weighted by atomic mass is 9.77. The molecule has 0 aromatic heterocycles. The number of fused-ring (bicyclic) bond motifs is 1. The van der Waals surface area contributed by atoms with Gasteiger partial charge in [-0.3, -0.25) is 19.7 Å². The SMILES string of the molecule is O=C1CCC(N2Cc3cc(C[C@H]4CCC[C@H](O)[C@H]4NC4CCC(F)(F)CC4)ccc3C2=O)C(=O)N1. The third kappa shape index (κ3) is 5.11. The molecule has 1 aromatic rings. The third-order valence-electron chi connectivity index (χ3n) is 8.23. The van der Waals surface area contributed by atoms with Gasteiger partial charge in [0.2, 0.25) is 17.7 Å². The van der Waals surface area contributed by atoms with Crippen LogP contribution < -0.4 is 10.6 Å². The molecule has 0 spiro atoms. The van der Waals surface area contributed by atoms with Crippen molar-refractivity contribution in [2.75, 3.05) is 0 Å². The van der Waals surface area contributed by atoms with Crippen molar-refractivity contribution in [2.45, 2.75) is 101 Å². The quantitative estimate of drug-likeness (QED) is 0.553. The Morgan fingerprint density at radius 1 is 1.09 bits per heavy atom. The number of piperidine rings is 1. The van der Waals surface area contributed by atoms with Crippen molar-refractivity contribution < 1.29 is 28.3 Å². The highest BCUT2D eigenvalue weighted by Gasteiger charge is 2.40. The number of amides is 3. The Morgan fingerprint density at radius 3 is 2.60 bits per heavy atom. The summed E-state index contributed by atoms with van der Waals surface area (Å²) in [6, 6.07) is 4.97. The van der Waals surface area contributed by atoms with Gasteiger partial charge in [-0.2, -0.15) is 0 Å². The monoisotopic (exact) mass is 489 g/mol. The van der Waals surface area contributed by atoms with Crippen LogP contribution in [0.4, 0.5) is 8.78 Å². The molecule has 7 nitrogen and oxygen atoms in total. The summed E-state index contributed by atoms with van der Waals surface area (Å²) < 4.78 is 27.2. The largest absolute Gasteiger partial charge is 0.391 e. The number of nitrogens with zero attached hydrogens (tertiary/aromatic N) is 1. The number of benzene rings is 1. The number of alkyl halides is 2. The van der Waals surface area contributed by atoms with Crippen LogP contribution in [-0.4, -0.2) is 57.9 Å². The van der Waals surface area contributed by atoms with E-state index < -0.39 is 24.0 Å². The molecular weight excluding hydrogens is 456 g/mol. The maximum absolute atomic E-state index is 13.6. The molecule has 3 fully saturated rings. The highest BCUT2D eigenvalue weighted by atomic mass is 19.3. The van der Waals surface area contributed by atoms with Gasteiger partial charge in [-0.05, 0) is 61.6 Å². The van der Waals surface area contributed by atoms with Crippen LogP contribution in [0.1, 0.15) is 79.3 Å². The molecular formula is C26H33F2N3O4. The van der Waals surface area contributed by atoms with Gasteiger partial charge in [-0.15, -0.1) is 0 Å². The van der Waals surface area contributed by atoms with Crippen molar-refractivity contribution in [1.29, 1.82) is 0 Å². The number of rotatable bonds is 5. The summed E-state index contributed by atoms with van der Waals surface area (Å²) in [5.74, 6) is -3.33. The molecule has 1 aromatic carbocycles. The number of aliphatic hydroxyl groups is 1. The first-order valence-electron chi connectivity index (χ1n) is 12.8. The smallest absolute Gasteiger partial charge is 0.255 e. The van der Waals surface area contributed by atoms with E-state index in [-0.39, 0.29) is 49.1 Å². The summed E-state index contributed by atoms with van der Waals surface area (Å²) in [7, 11) is 0. The molecule has 2 heterocycles. The van der Waals surface area contributed by atoms with E-state index in [9.17, 15) is 28.3 Å². The lowest BCUT2D eigenvalue weighted by Gasteiger charge is -2.40. The van der Waals surface area contributed by atoms with Crippen LogP contribution in [0.5, 0.6) is 0 Å². The number of carbonyl (C=O) groups is 3. The predicted octanol–water partition coefficient (Wildman–Crippen LogP) is 2.69. The molecule has 9 heteroatoms. The maximum atomic E-state index is 13.6. The molecule has 3 N–H and O–H groups in total. The zero-order valence-electron chi connectivity index (χ0n) is 19.8. The third-order valence-corrected chi connectivity index (χ3v) is 8.23. The molecule has 35 heavy (non-hydrogen) atoms. The van der Waals surface area contributed by atoms with Crippen molar-refractivity contribution in [3.63, 3.8) is 0 Å². The Balaban J connectivity index is 1.26. The Hall–Kier alpha value is -2.39. The van der Waals surface area contributed by atoms with Gasteiger partial charge in [-0.25, -0.2) is 8.78 Å². The van der Waals surface area contributed by atoms with Crippen molar-refractivity contribution in [3.8, 4) is 0 Å². The fourth-order valence-electron chi connectivity index (χ4n) is 6.28. The molecule has 2 saturated carbocycles. The fraction of sp³-hybridized carbons (Fsp3) is 0.654. The Bertz CT molecular complexity index is 1010. The summed E-state index contributed by atoms with van der Waals surface area (Å²) in [5, 5.41) is 16.6. The zero-order chi connectivity index (χ0) is 24.7. The standard InChI is InChI=1S/C26H33F2N3O4/c27-26(28)10-8-18(9-11-26)29-23-16(2-1-3-21(23)32)12-15-4-5-19-17(13-15)14-31(25(19)35)20-6-7-22(33)30-24(20)34/h4-5,13,16,18,20-21,23,29,32H,1-3,6-12,14H2,(H,30,33,34)/t16-,20?,21+,23+/m1/s1. The van der Waals surface area contributed by atoms with E-state index in [1.807, 2.05) is 18.2 Å². The number of carbonyl (C=O) groups excluding carboxylic acids is 3. The first-order valence-corrected chi connectivity index (χ1v) is 12.8. The topological polar surface area (TPSA) is 98.7 Å². The minimum atomic E-state index is -2.58. The Morgan fingerprint density at radius 2 is 1.86 bits per heavy atom. The first-order chi connectivity index (χ1) is 16.7. The second kappa shape index (κ2) is 9.58. The van der Waals surface area contributed by atoms with Gasteiger partial charge in [0, 0.05) is 43.5 Å². The lowest BCUT2D eigenvalue weighted by molar-refractivity contribution is -0.136. The number of nitrogens with one attached hydrogen (secondary N) is 2. The van der Waals surface area contributed by atoms with Crippen LogP contribution in [-0.2, 0) is 22.6 Å². The van der Waals surface area contributed by atoms with Gasteiger partial charge in [0.1, 0.15) is 6.04 Å². The van der Waals surface area contributed by atoms with Crippen LogP contribution in [0.15, 0.2) is 18.2 Å². The molecule has 0 bridgehead atoms. The predicted molar refractivity (Wildman–Crippen MR) is 124 cm³/mol. The second-order valence-electron chi connectivity index (χ2n) is 10.7. The summed E-state index contributed by atoms with van der Waals surface area (Å²) >= 11 is 0. The van der Waals surface area contributed by atoms with Crippen LogP contribution in [0.2, 0.25) is 0 Å². The Labute approximate surface area is 203 Å². The highest BCUT2D eigenvalue weighted by Crippen LogP contribution is 2.36. The minimum absolute atomic E-state index is 0.00500. The fourth-order valence-corrected chi connectivity index (χ4v) is 6.28. The number of aliphatic hydroxyl groups excluding tert-OH is 1. The average molecular weight is 490 g/mol.